The maximum absolute atomic E-state index is 12.5. The highest BCUT2D eigenvalue weighted by atomic mass is 32.1. The number of ether oxygens (including phenoxy) is 1. The number of benzene rings is 1. The Morgan fingerprint density at radius 1 is 1.29 bits per heavy atom. The Labute approximate surface area is 147 Å². The fourth-order valence-corrected chi connectivity index (χ4v) is 4.22. The first-order chi connectivity index (χ1) is 11.3. The van der Waals surface area contributed by atoms with Crippen molar-refractivity contribution in [1.82, 2.24) is 9.88 Å². The molecular weight excluding hydrogens is 320 g/mol. The minimum Gasteiger partial charge on any atom is -0.444 e. The molecule has 1 aromatic heterocycles. The summed E-state index contributed by atoms with van der Waals surface area (Å²) in [6, 6.07) is 10.3. The van der Waals surface area contributed by atoms with Crippen LogP contribution in [0.1, 0.15) is 50.2 Å². The van der Waals surface area contributed by atoms with Gasteiger partial charge in [-0.15, -0.1) is 11.3 Å². The highest BCUT2D eigenvalue weighted by Crippen LogP contribution is 2.40. The van der Waals surface area contributed by atoms with Gasteiger partial charge in [-0.3, -0.25) is 0 Å². The summed E-state index contributed by atoms with van der Waals surface area (Å²) < 4.78 is 5.58. The molecule has 0 unspecified atom stereocenters. The lowest BCUT2D eigenvalue weighted by Gasteiger charge is -2.28. The molecule has 1 fully saturated rings. The smallest absolute Gasteiger partial charge is 0.410 e. The van der Waals surface area contributed by atoms with Gasteiger partial charge in [0, 0.05) is 12.1 Å². The molecule has 0 spiro atoms. The van der Waals surface area contributed by atoms with Gasteiger partial charge in [0.25, 0.3) is 0 Å². The van der Waals surface area contributed by atoms with Crippen molar-refractivity contribution in [2.24, 2.45) is 0 Å². The van der Waals surface area contributed by atoms with Crippen LogP contribution in [0.25, 0.3) is 10.6 Å². The predicted molar refractivity (Wildman–Crippen MR) is 97.2 cm³/mol. The third kappa shape index (κ3) is 3.61. The molecular formula is C19H24N2O2S. The Balaban J connectivity index is 1.85. The molecule has 0 radical (unpaired) electrons. The second-order valence-corrected chi connectivity index (χ2v) is 8.20. The monoisotopic (exact) mass is 344 g/mol. The number of likely N-dealkylation sites (tertiary alicyclic amines) is 1. The van der Waals surface area contributed by atoms with E-state index in [4.69, 9.17) is 9.72 Å². The quantitative estimate of drug-likeness (QED) is 0.753. The number of carbonyl (C=O) groups excluding carboxylic acids is 1. The summed E-state index contributed by atoms with van der Waals surface area (Å²) in [5.74, 6) is 0. The van der Waals surface area contributed by atoms with Crippen LogP contribution in [0, 0.1) is 6.92 Å². The van der Waals surface area contributed by atoms with Crippen LogP contribution in [-0.2, 0) is 4.74 Å². The maximum atomic E-state index is 12.5. The molecule has 0 aliphatic carbocycles. The first kappa shape index (κ1) is 17.0. The lowest BCUT2D eigenvalue weighted by molar-refractivity contribution is 0.0226. The molecule has 0 saturated carbocycles. The van der Waals surface area contributed by atoms with Gasteiger partial charge in [-0.2, -0.15) is 0 Å². The Hall–Kier alpha value is -1.88. The van der Waals surface area contributed by atoms with E-state index in [-0.39, 0.29) is 12.1 Å². The molecule has 2 heterocycles. The predicted octanol–water partition coefficient (Wildman–Crippen LogP) is 5.19. The van der Waals surface area contributed by atoms with E-state index in [1.807, 2.05) is 50.8 Å². The van der Waals surface area contributed by atoms with Gasteiger partial charge < -0.3 is 9.64 Å². The summed E-state index contributed by atoms with van der Waals surface area (Å²) in [4.78, 5) is 20.3. The normalized spacial score (nSPS) is 18.0. The van der Waals surface area contributed by atoms with Gasteiger partial charge in [-0.05, 0) is 40.5 Å². The number of nitrogens with zero attached hydrogens (tertiary/aromatic N) is 2. The molecule has 2 aromatic rings. The molecule has 0 bridgehead atoms. The summed E-state index contributed by atoms with van der Waals surface area (Å²) in [5, 5.41) is 1.01. The van der Waals surface area contributed by atoms with E-state index in [1.165, 1.54) is 4.88 Å². The molecule has 1 saturated heterocycles. The molecule has 5 heteroatoms. The molecule has 0 N–H and O–H groups in total. The lowest BCUT2D eigenvalue weighted by Crippen LogP contribution is -2.36. The van der Waals surface area contributed by atoms with Crippen LogP contribution in [0.4, 0.5) is 4.79 Å². The second-order valence-electron chi connectivity index (χ2n) is 7.17. The van der Waals surface area contributed by atoms with Crippen molar-refractivity contribution >= 4 is 17.4 Å². The van der Waals surface area contributed by atoms with Gasteiger partial charge in [-0.25, -0.2) is 9.78 Å². The van der Waals surface area contributed by atoms with Crippen LogP contribution >= 0.6 is 11.3 Å². The molecule has 1 aliphatic rings. The van der Waals surface area contributed by atoms with Crippen LogP contribution in [-0.4, -0.2) is 28.1 Å². The van der Waals surface area contributed by atoms with Crippen LogP contribution in [0.2, 0.25) is 0 Å². The number of amides is 1. The summed E-state index contributed by atoms with van der Waals surface area (Å²) in [6.07, 6.45) is 1.75. The van der Waals surface area contributed by atoms with Gasteiger partial charge in [0.1, 0.15) is 10.6 Å². The van der Waals surface area contributed by atoms with Gasteiger partial charge in [0.05, 0.1) is 16.6 Å². The van der Waals surface area contributed by atoms with Gasteiger partial charge in [0.15, 0.2) is 0 Å². The number of thiazole rings is 1. The average Bonchev–Trinajstić information content (AvgIpc) is 3.12. The van der Waals surface area contributed by atoms with Gasteiger partial charge >= 0.3 is 6.09 Å². The minimum absolute atomic E-state index is 0.0785. The fraction of sp³-hybridized carbons (Fsp3) is 0.474. The standard InChI is InChI=1S/C19H24N2O2S/c1-13-16(24-17(20-13)14-9-6-5-7-10-14)15-11-8-12-21(15)18(22)23-19(2,3)4/h5-7,9-10,15H,8,11-12H2,1-4H3/t15-/m1/s1. The third-order valence-corrected chi connectivity index (χ3v) is 5.34. The SMILES string of the molecule is Cc1nc(-c2ccccc2)sc1[C@H]1CCCN1C(=O)OC(C)(C)C. The third-order valence-electron chi connectivity index (χ3n) is 4.04. The van der Waals surface area contributed by atoms with Crippen molar-refractivity contribution in [3.8, 4) is 10.6 Å². The largest absolute Gasteiger partial charge is 0.444 e. The number of rotatable bonds is 2. The molecule has 3 rings (SSSR count). The first-order valence-corrected chi connectivity index (χ1v) is 9.19. The molecule has 128 valence electrons. The Morgan fingerprint density at radius 2 is 2.00 bits per heavy atom. The van der Waals surface area contributed by atoms with Crippen molar-refractivity contribution in [2.45, 2.75) is 52.2 Å². The van der Waals surface area contributed by atoms with Crippen molar-refractivity contribution in [2.75, 3.05) is 6.54 Å². The maximum Gasteiger partial charge on any atom is 0.410 e. The average molecular weight is 344 g/mol. The highest BCUT2D eigenvalue weighted by Gasteiger charge is 2.35. The molecule has 1 aliphatic heterocycles. The van der Waals surface area contributed by atoms with E-state index in [2.05, 4.69) is 12.1 Å². The molecule has 4 nitrogen and oxygen atoms in total. The van der Waals surface area contributed by atoms with Crippen LogP contribution < -0.4 is 0 Å². The molecule has 1 atom stereocenters. The zero-order chi connectivity index (χ0) is 17.3. The summed E-state index contributed by atoms with van der Waals surface area (Å²) >= 11 is 1.69. The molecule has 1 amide bonds. The number of aryl methyl sites for hydroxylation is 1. The summed E-state index contributed by atoms with van der Waals surface area (Å²) in [5.41, 5.74) is 1.67. The Morgan fingerprint density at radius 3 is 2.67 bits per heavy atom. The highest BCUT2D eigenvalue weighted by molar-refractivity contribution is 7.15. The summed E-state index contributed by atoms with van der Waals surface area (Å²) in [7, 11) is 0. The second kappa shape index (κ2) is 6.55. The van der Waals surface area contributed by atoms with E-state index < -0.39 is 5.60 Å². The zero-order valence-corrected chi connectivity index (χ0v) is 15.5. The zero-order valence-electron chi connectivity index (χ0n) is 14.7. The van der Waals surface area contributed by atoms with Crippen molar-refractivity contribution in [1.29, 1.82) is 0 Å². The van der Waals surface area contributed by atoms with Crippen LogP contribution in [0.3, 0.4) is 0 Å². The number of aromatic nitrogens is 1. The van der Waals surface area contributed by atoms with Crippen molar-refractivity contribution < 1.29 is 9.53 Å². The van der Waals surface area contributed by atoms with E-state index in [9.17, 15) is 4.79 Å². The van der Waals surface area contributed by atoms with Crippen LogP contribution in [0.15, 0.2) is 30.3 Å². The van der Waals surface area contributed by atoms with E-state index in [0.29, 0.717) is 0 Å². The number of hydrogen-bond acceptors (Lipinski definition) is 4. The minimum atomic E-state index is -0.470. The van der Waals surface area contributed by atoms with E-state index in [1.54, 1.807) is 11.3 Å². The topological polar surface area (TPSA) is 42.4 Å². The van der Waals surface area contributed by atoms with Crippen molar-refractivity contribution in [3.63, 3.8) is 0 Å². The van der Waals surface area contributed by atoms with Crippen molar-refractivity contribution in [3.05, 3.63) is 40.9 Å². The van der Waals surface area contributed by atoms with E-state index >= 15 is 0 Å². The molecule has 24 heavy (non-hydrogen) atoms. The number of hydrogen-bond donors (Lipinski definition) is 0. The van der Waals surface area contributed by atoms with Gasteiger partial charge in [-0.1, -0.05) is 30.3 Å². The van der Waals surface area contributed by atoms with Crippen LogP contribution in [0.5, 0.6) is 0 Å². The Kier molecular flexibility index (Phi) is 4.63. The first-order valence-electron chi connectivity index (χ1n) is 8.37. The van der Waals surface area contributed by atoms with E-state index in [0.717, 1.165) is 35.7 Å². The molecule has 1 aromatic carbocycles. The fourth-order valence-electron chi connectivity index (χ4n) is 3.00. The number of carbonyl (C=O) groups is 1. The summed E-state index contributed by atoms with van der Waals surface area (Å²) in [6.45, 7) is 8.49. The van der Waals surface area contributed by atoms with Gasteiger partial charge in [0.2, 0.25) is 0 Å². The lowest BCUT2D eigenvalue weighted by atomic mass is 10.1. The Bertz CT molecular complexity index is 719.